The second-order valence-electron chi connectivity index (χ2n) is 4.73. The highest BCUT2D eigenvalue weighted by molar-refractivity contribution is 7.09. The number of nitrogens with one attached hydrogen (secondary N) is 1. The van der Waals surface area contributed by atoms with E-state index in [0.717, 1.165) is 24.5 Å². The van der Waals surface area contributed by atoms with Crippen LogP contribution in [0, 0.1) is 11.8 Å². The average molecular weight is 236 g/mol. The lowest BCUT2D eigenvalue weighted by atomic mass is 9.93. The Hall–Kier alpha value is -0.850. The second kappa shape index (κ2) is 6.03. The third kappa shape index (κ3) is 4.34. The van der Waals surface area contributed by atoms with Crippen molar-refractivity contribution in [3.63, 3.8) is 0 Å². The average Bonchev–Trinajstić information content (AvgIpc) is 2.65. The fourth-order valence-electron chi connectivity index (χ4n) is 1.21. The molecular weight excluding hydrogens is 216 g/mol. The molecule has 3 heteroatoms. The van der Waals surface area contributed by atoms with E-state index in [4.69, 9.17) is 0 Å². The van der Waals surface area contributed by atoms with E-state index in [9.17, 15) is 0 Å². The summed E-state index contributed by atoms with van der Waals surface area (Å²) < 4.78 is 0. The van der Waals surface area contributed by atoms with Gasteiger partial charge in [0.2, 0.25) is 0 Å². The number of rotatable bonds is 4. The number of thiazole rings is 1. The number of hydrogen-bond donors (Lipinski definition) is 1. The van der Waals surface area contributed by atoms with Crippen LogP contribution in [-0.2, 0) is 12.0 Å². The standard InChI is InChI=1S/C13H20N2S/c1-5-6-7-8-14-9-12-15-11(10-16-12)13(2,3)4/h10,14H,7-9H2,1-4H3. The van der Waals surface area contributed by atoms with Gasteiger partial charge >= 0.3 is 0 Å². The zero-order valence-electron chi connectivity index (χ0n) is 10.6. The third-order valence-electron chi connectivity index (χ3n) is 2.20. The van der Waals surface area contributed by atoms with Crippen molar-refractivity contribution >= 4 is 11.3 Å². The summed E-state index contributed by atoms with van der Waals surface area (Å²) in [7, 11) is 0. The highest BCUT2D eigenvalue weighted by atomic mass is 32.1. The smallest absolute Gasteiger partial charge is 0.107 e. The maximum Gasteiger partial charge on any atom is 0.107 e. The number of aromatic nitrogens is 1. The molecule has 1 aromatic rings. The van der Waals surface area contributed by atoms with E-state index in [-0.39, 0.29) is 5.41 Å². The van der Waals surface area contributed by atoms with Crippen LogP contribution < -0.4 is 5.32 Å². The number of nitrogens with zero attached hydrogens (tertiary/aromatic N) is 1. The minimum Gasteiger partial charge on any atom is -0.310 e. The fraction of sp³-hybridized carbons (Fsp3) is 0.615. The zero-order chi connectivity index (χ0) is 12.0. The molecule has 0 saturated heterocycles. The third-order valence-corrected chi connectivity index (χ3v) is 3.05. The molecule has 0 aliphatic heterocycles. The van der Waals surface area contributed by atoms with Gasteiger partial charge < -0.3 is 5.32 Å². The Balaban J connectivity index is 2.37. The summed E-state index contributed by atoms with van der Waals surface area (Å²) in [5.41, 5.74) is 1.34. The molecule has 0 fully saturated rings. The van der Waals surface area contributed by atoms with Gasteiger partial charge in [-0.1, -0.05) is 20.8 Å². The minimum atomic E-state index is 0.155. The van der Waals surface area contributed by atoms with Crippen LogP contribution in [0.4, 0.5) is 0 Å². The first-order valence-corrected chi connectivity index (χ1v) is 6.47. The summed E-state index contributed by atoms with van der Waals surface area (Å²) >= 11 is 1.73. The molecule has 0 radical (unpaired) electrons. The van der Waals surface area contributed by atoms with Gasteiger partial charge in [0.25, 0.3) is 0 Å². The quantitative estimate of drug-likeness (QED) is 0.642. The van der Waals surface area contributed by atoms with E-state index >= 15 is 0 Å². The predicted molar refractivity (Wildman–Crippen MR) is 70.6 cm³/mol. The Morgan fingerprint density at radius 3 is 2.75 bits per heavy atom. The molecule has 1 N–H and O–H groups in total. The van der Waals surface area contributed by atoms with Crippen LogP contribution in [-0.4, -0.2) is 11.5 Å². The molecule has 0 aliphatic carbocycles. The van der Waals surface area contributed by atoms with Gasteiger partial charge in [-0.15, -0.1) is 23.2 Å². The van der Waals surface area contributed by atoms with Gasteiger partial charge in [-0.3, -0.25) is 0 Å². The zero-order valence-corrected chi connectivity index (χ0v) is 11.4. The molecule has 1 rings (SSSR count). The fourth-order valence-corrected chi connectivity index (χ4v) is 2.20. The summed E-state index contributed by atoms with van der Waals surface area (Å²) in [4.78, 5) is 4.62. The molecule has 0 atom stereocenters. The van der Waals surface area contributed by atoms with Gasteiger partial charge in [-0.2, -0.15) is 0 Å². The van der Waals surface area contributed by atoms with Crippen molar-refractivity contribution in [2.24, 2.45) is 0 Å². The first-order valence-electron chi connectivity index (χ1n) is 5.59. The van der Waals surface area contributed by atoms with Crippen molar-refractivity contribution in [1.29, 1.82) is 0 Å². The van der Waals surface area contributed by atoms with Gasteiger partial charge in [0.05, 0.1) is 5.69 Å². The van der Waals surface area contributed by atoms with Crippen molar-refractivity contribution in [2.45, 2.75) is 46.1 Å². The Bertz CT molecular complexity index is 377. The van der Waals surface area contributed by atoms with Crippen LogP contribution in [0.5, 0.6) is 0 Å². The molecule has 0 aromatic carbocycles. The van der Waals surface area contributed by atoms with Crippen molar-refractivity contribution in [2.75, 3.05) is 6.54 Å². The van der Waals surface area contributed by atoms with Gasteiger partial charge in [-0.05, 0) is 6.92 Å². The molecule has 0 spiro atoms. The Morgan fingerprint density at radius 1 is 1.44 bits per heavy atom. The van der Waals surface area contributed by atoms with Crippen molar-refractivity contribution < 1.29 is 0 Å². The van der Waals surface area contributed by atoms with Crippen LogP contribution in [0.1, 0.15) is 44.8 Å². The topological polar surface area (TPSA) is 24.9 Å². The SMILES string of the molecule is CC#CCCNCc1nc(C(C)(C)C)cs1. The highest BCUT2D eigenvalue weighted by Crippen LogP contribution is 2.23. The highest BCUT2D eigenvalue weighted by Gasteiger charge is 2.16. The van der Waals surface area contributed by atoms with Crippen LogP contribution in [0.25, 0.3) is 0 Å². The number of hydrogen-bond acceptors (Lipinski definition) is 3. The molecular formula is C13H20N2S. The van der Waals surface area contributed by atoms with Crippen LogP contribution in [0.15, 0.2) is 5.38 Å². The Morgan fingerprint density at radius 2 is 2.19 bits per heavy atom. The summed E-state index contributed by atoms with van der Waals surface area (Å²) in [5, 5.41) is 6.66. The van der Waals surface area contributed by atoms with Crippen molar-refractivity contribution in [3.8, 4) is 11.8 Å². The lowest BCUT2D eigenvalue weighted by Crippen LogP contribution is -2.15. The van der Waals surface area contributed by atoms with Gasteiger partial charge in [0.15, 0.2) is 0 Å². The van der Waals surface area contributed by atoms with Crippen molar-refractivity contribution in [1.82, 2.24) is 10.3 Å². The summed E-state index contributed by atoms with van der Waals surface area (Å²) in [6, 6.07) is 0. The van der Waals surface area contributed by atoms with Crippen LogP contribution in [0.2, 0.25) is 0 Å². The molecule has 0 unspecified atom stereocenters. The van der Waals surface area contributed by atoms with E-state index in [0.29, 0.717) is 0 Å². The summed E-state index contributed by atoms with van der Waals surface area (Å²) in [6.07, 6.45) is 0.911. The first kappa shape index (κ1) is 13.2. The minimum absolute atomic E-state index is 0.155. The van der Waals surface area contributed by atoms with Crippen LogP contribution in [0.3, 0.4) is 0 Å². The lowest BCUT2D eigenvalue weighted by molar-refractivity contribution is 0.568. The van der Waals surface area contributed by atoms with Crippen molar-refractivity contribution in [3.05, 3.63) is 16.1 Å². The maximum absolute atomic E-state index is 4.62. The summed E-state index contributed by atoms with van der Waals surface area (Å²) in [5.74, 6) is 5.92. The van der Waals surface area contributed by atoms with Gasteiger partial charge in [-0.25, -0.2) is 4.98 Å². The van der Waals surface area contributed by atoms with E-state index < -0.39 is 0 Å². The first-order chi connectivity index (χ1) is 7.54. The normalized spacial score (nSPS) is 11.0. The second-order valence-corrected chi connectivity index (χ2v) is 5.67. The molecule has 1 aromatic heterocycles. The van der Waals surface area contributed by atoms with Gasteiger partial charge in [0, 0.05) is 30.3 Å². The van der Waals surface area contributed by atoms with E-state index in [1.807, 2.05) is 6.92 Å². The Labute approximate surface area is 102 Å². The molecule has 0 saturated carbocycles. The molecule has 16 heavy (non-hydrogen) atoms. The van der Waals surface area contributed by atoms with E-state index in [1.165, 1.54) is 5.69 Å². The lowest BCUT2D eigenvalue weighted by Gasteiger charge is -2.14. The molecule has 0 amide bonds. The largest absolute Gasteiger partial charge is 0.310 e. The van der Waals surface area contributed by atoms with Crippen LogP contribution >= 0.6 is 11.3 Å². The van der Waals surface area contributed by atoms with Gasteiger partial charge in [0.1, 0.15) is 5.01 Å². The molecule has 1 heterocycles. The molecule has 2 nitrogen and oxygen atoms in total. The van der Waals surface area contributed by atoms with E-state index in [2.05, 4.69) is 48.3 Å². The predicted octanol–water partition coefficient (Wildman–Crippen LogP) is 2.94. The van der Waals surface area contributed by atoms with E-state index in [1.54, 1.807) is 11.3 Å². The molecule has 0 aliphatic rings. The molecule has 88 valence electrons. The maximum atomic E-state index is 4.62. The molecule has 0 bridgehead atoms. The summed E-state index contributed by atoms with van der Waals surface area (Å²) in [6.45, 7) is 10.2. The monoisotopic (exact) mass is 236 g/mol. The Kier molecular flexibility index (Phi) is 4.98.